The van der Waals surface area contributed by atoms with Gasteiger partial charge < -0.3 is 0 Å². The molecule has 0 saturated heterocycles. The fourth-order valence-electron chi connectivity index (χ4n) is 2.96. The lowest BCUT2D eigenvalue weighted by Gasteiger charge is -2.27. The Bertz CT molecular complexity index is 771. The number of anilines is 1. The predicted molar refractivity (Wildman–Crippen MR) is 93.7 cm³/mol. The van der Waals surface area contributed by atoms with Crippen LogP contribution in [0.4, 0.5) is 5.69 Å². The van der Waals surface area contributed by atoms with Crippen molar-refractivity contribution >= 4 is 44.6 Å². The third kappa shape index (κ3) is 2.75. The van der Waals surface area contributed by atoms with Crippen LogP contribution >= 0.6 is 27.3 Å². The number of rotatable bonds is 5. The Kier molecular flexibility index (Phi) is 3.83. The summed E-state index contributed by atoms with van der Waals surface area (Å²) in [5.74, 6) is -0.844. The van der Waals surface area contributed by atoms with Crippen LogP contribution in [0.2, 0.25) is 0 Å². The predicted octanol–water partition coefficient (Wildman–Crippen LogP) is 3.66. The van der Waals surface area contributed by atoms with Crippen LogP contribution in [0.5, 0.6) is 0 Å². The molecule has 0 spiro atoms. The van der Waals surface area contributed by atoms with Crippen molar-refractivity contribution in [2.24, 2.45) is 0 Å². The van der Waals surface area contributed by atoms with E-state index in [0.29, 0.717) is 28.4 Å². The standard InChI is InChI=1S/C17H15BrN2O2S/c18-13-4-1-5-14-15(13)16(21)17(22)20(14)10-19(11-6-7-11)9-12-3-2-8-23-12/h1-5,8,11H,6-7,9-10H2. The molecule has 1 aliphatic carbocycles. The number of hydrogen-bond donors (Lipinski definition) is 0. The van der Waals surface area contributed by atoms with Crippen LogP contribution in [0.1, 0.15) is 28.1 Å². The molecule has 2 aliphatic rings. The summed E-state index contributed by atoms with van der Waals surface area (Å²) in [5, 5.41) is 2.07. The van der Waals surface area contributed by atoms with E-state index in [9.17, 15) is 9.59 Å². The summed E-state index contributed by atoms with van der Waals surface area (Å²) in [6.07, 6.45) is 2.32. The highest BCUT2D eigenvalue weighted by Crippen LogP contribution is 2.36. The van der Waals surface area contributed by atoms with Gasteiger partial charge in [-0.3, -0.25) is 19.4 Å². The number of halogens is 1. The Morgan fingerprint density at radius 1 is 1.22 bits per heavy atom. The molecule has 0 N–H and O–H groups in total. The maximum atomic E-state index is 12.4. The second kappa shape index (κ2) is 5.85. The normalized spacial score (nSPS) is 17.2. The summed E-state index contributed by atoms with van der Waals surface area (Å²) in [7, 11) is 0. The molecule has 118 valence electrons. The van der Waals surface area contributed by atoms with Crippen LogP contribution < -0.4 is 4.90 Å². The molecule has 0 atom stereocenters. The third-order valence-electron chi connectivity index (χ3n) is 4.27. The highest BCUT2D eigenvalue weighted by Gasteiger charge is 2.40. The van der Waals surface area contributed by atoms with Crippen molar-refractivity contribution < 1.29 is 9.59 Å². The van der Waals surface area contributed by atoms with Gasteiger partial charge in [0.2, 0.25) is 0 Å². The number of fused-ring (bicyclic) bond motifs is 1. The number of amides is 1. The van der Waals surface area contributed by atoms with Crippen molar-refractivity contribution in [1.82, 2.24) is 4.90 Å². The molecule has 1 saturated carbocycles. The highest BCUT2D eigenvalue weighted by atomic mass is 79.9. The van der Waals surface area contributed by atoms with Crippen molar-refractivity contribution in [3.8, 4) is 0 Å². The van der Waals surface area contributed by atoms with Gasteiger partial charge >= 0.3 is 5.91 Å². The first-order chi connectivity index (χ1) is 11.1. The molecule has 1 amide bonds. The van der Waals surface area contributed by atoms with E-state index in [-0.39, 0.29) is 0 Å². The van der Waals surface area contributed by atoms with Gasteiger partial charge in [0.1, 0.15) is 0 Å². The fraction of sp³-hybridized carbons (Fsp3) is 0.294. The molecule has 4 nitrogen and oxygen atoms in total. The number of thiophene rings is 1. The maximum absolute atomic E-state index is 12.4. The second-order valence-electron chi connectivity index (χ2n) is 5.90. The maximum Gasteiger partial charge on any atom is 0.300 e. The average Bonchev–Trinajstić information content (AvgIpc) is 3.21. The lowest BCUT2D eigenvalue weighted by Crippen LogP contribution is -2.41. The van der Waals surface area contributed by atoms with Crippen molar-refractivity contribution in [3.63, 3.8) is 0 Å². The molecule has 4 rings (SSSR count). The number of carbonyl (C=O) groups is 2. The molecule has 1 aromatic carbocycles. The van der Waals surface area contributed by atoms with Crippen molar-refractivity contribution in [2.75, 3.05) is 11.6 Å². The zero-order valence-corrected chi connectivity index (χ0v) is 14.8. The van der Waals surface area contributed by atoms with E-state index >= 15 is 0 Å². The summed E-state index contributed by atoms with van der Waals surface area (Å²) < 4.78 is 0.687. The third-order valence-corrected chi connectivity index (χ3v) is 5.80. The molecule has 0 radical (unpaired) electrons. The zero-order chi connectivity index (χ0) is 16.0. The number of Topliss-reactive ketones (excluding diaryl/α,β-unsaturated/α-hetero) is 1. The number of ketones is 1. The minimum atomic E-state index is -0.427. The van der Waals surface area contributed by atoms with E-state index in [2.05, 4.69) is 32.3 Å². The number of benzene rings is 1. The number of carbonyl (C=O) groups excluding carboxylic acids is 2. The van der Waals surface area contributed by atoms with E-state index in [1.54, 1.807) is 22.3 Å². The smallest absolute Gasteiger partial charge is 0.291 e. The van der Waals surface area contributed by atoms with Crippen LogP contribution in [0.15, 0.2) is 40.2 Å². The van der Waals surface area contributed by atoms with Crippen molar-refractivity contribution in [1.29, 1.82) is 0 Å². The zero-order valence-electron chi connectivity index (χ0n) is 12.4. The van der Waals surface area contributed by atoms with Crippen LogP contribution in [0, 0.1) is 0 Å². The monoisotopic (exact) mass is 390 g/mol. The van der Waals surface area contributed by atoms with E-state index in [4.69, 9.17) is 0 Å². The molecule has 0 bridgehead atoms. The molecule has 1 fully saturated rings. The summed E-state index contributed by atoms with van der Waals surface area (Å²) in [5.41, 5.74) is 1.20. The summed E-state index contributed by atoms with van der Waals surface area (Å²) >= 11 is 5.11. The lowest BCUT2D eigenvalue weighted by molar-refractivity contribution is -0.114. The van der Waals surface area contributed by atoms with Gasteiger partial charge in [-0.15, -0.1) is 11.3 Å². The molecule has 23 heavy (non-hydrogen) atoms. The first-order valence-corrected chi connectivity index (χ1v) is 9.23. The Balaban J connectivity index is 1.61. The molecule has 6 heteroatoms. The highest BCUT2D eigenvalue weighted by molar-refractivity contribution is 9.10. The van der Waals surface area contributed by atoms with E-state index in [0.717, 1.165) is 19.4 Å². The molecule has 2 heterocycles. The van der Waals surface area contributed by atoms with Crippen LogP contribution in [0.3, 0.4) is 0 Å². The largest absolute Gasteiger partial charge is 0.300 e. The van der Waals surface area contributed by atoms with E-state index in [1.807, 2.05) is 18.2 Å². The first kappa shape index (κ1) is 15.1. The van der Waals surface area contributed by atoms with E-state index in [1.165, 1.54) is 4.88 Å². The van der Waals surface area contributed by atoms with Gasteiger partial charge in [-0.25, -0.2) is 0 Å². The van der Waals surface area contributed by atoms with Gasteiger partial charge in [0.05, 0.1) is 17.9 Å². The molecule has 0 unspecified atom stereocenters. The van der Waals surface area contributed by atoms with Gasteiger partial charge in [-0.2, -0.15) is 0 Å². The molecular weight excluding hydrogens is 376 g/mol. The van der Waals surface area contributed by atoms with Gasteiger partial charge in [0, 0.05) is 21.9 Å². The Morgan fingerprint density at radius 3 is 2.74 bits per heavy atom. The SMILES string of the molecule is O=C1C(=O)N(CN(Cc2cccs2)C2CC2)c2cccc(Br)c21. The van der Waals surface area contributed by atoms with Crippen LogP contribution in [-0.2, 0) is 11.3 Å². The lowest BCUT2D eigenvalue weighted by atomic mass is 10.1. The molecule has 2 aromatic rings. The van der Waals surface area contributed by atoms with Gasteiger partial charge in [0.15, 0.2) is 0 Å². The molecule has 1 aromatic heterocycles. The van der Waals surface area contributed by atoms with Crippen molar-refractivity contribution in [2.45, 2.75) is 25.4 Å². The van der Waals surface area contributed by atoms with Crippen LogP contribution in [-0.4, -0.2) is 29.3 Å². The van der Waals surface area contributed by atoms with E-state index < -0.39 is 11.7 Å². The molecular formula is C17H15BrN2O2S. The van der Waals surface area contributed by atoms with Gasteiger partial charge in [0.25, 0.3) is 5.78 Å². The van der Waals surface area contributed by atoms with Crippen molar-refractivity contribution in [3.05, 3.63) is 50.6 Å². The quantitative estimate of drug-likeness (QED) is 0.731. The number of hydrogen-bond acceptors (Lipinski definition) is 4. The Hall–Kier alpha value is -1.50. The minimum Gasteiger partial charge on any atom is -0.291 e. The summed E-state index contributed by atoms with van der Waals surface area (Å²) in [6.45, 7) is 1.29. The first-order valence-electron chi connectivity index (χ1n) is 7.56. The Labute approximate surface area is 146 Å². The summed E-state index contributed by atoms with van der Waals surface area (Å²) in [6, 6.07) is 10.2. The van der Waals surface area contributed by atoms with Crippen LogP contribution in [0.25, 0.3) is 0 Å². The Morgan fingerprint density at radius 2 is 2.04 bits per heavy atom. The number of nitrogens with zero attached hydrogens (tertiary/aromatic N) is 2. The minimum absolute atomic E-state index is 0.417. The fourth-order valence-corrected chi connectivity index (χ4v) is 4.23. The topological polar surface area (TPSA) is 40.6 Å². The van der Waals surface area contributed by atoms with Gasteiger partial charge in [-0.05, 0) is 52.4 Å². The van der Waals surface area contributed by atoms with Gasteiger partial charge in [-0.1, -0.05) is 12.1 Å². The average molecular weight is 391 g/mol. The second-order valence-corrected chi connectivity index (χ2v) is 7.78. The summed E-state index contributed by atoms with van der Waals surface area (Å²) in [4.78, 5) is 29.9. The molecule has 1 aliphatic heterocycles.